The molecule has 0 spiro atoms. The molecule has 0 aliphatic carbocycles. The molecule has 4 aromatic rings. The van der Waals surface area contributed by atoms with Crippen LogP contribution in [0.2, 0.25) is 5.02 Å². The first-order chi connectivity index (χ1) is 16.8. The maximum Gasteiger partial charge on any atom is 0.345 e. The Morgan fingerprint density at radius 1 is 0.886 bits per heavy atom. The Bertz CT molecular complexity index is 1430. The SMILES string of the molecule is O=C(O)c1ccc(CCCN(CCCc2cccc(Cl)c2)S(=O)(=O)c2cccc3ccccc23)s1. The van der Waals surface area contributed by atoms with E-state index in [1.807, 2.05) is 54.6 Å². The van der Waals surface area contributed by atoms with Crippen molar-refractivity contribution in [2.75, 3.05) is 13.1 Å². The van der Waals surface area contributed by atoms with Gasteiger partial charge in [-0.3, -0.25) is 0 Å². The molecule has 182 valence electrons. The molecule has 1 heterocycles. The Hall–Kier alpha value is -2.71. The third-order valence-electron chi connectivity index (χ3n) is 5.83. The van der Waals surface area contributed by atoms with Crippen LogP contribution in [0.1, 0.15) is 33.0 Å². The number of aryl methyl sites for hydroxylation is 2. The quantitative estimate of drug-likeness (QED) is 0.241. The lowest BCUT2D eigenvalue weighted by Gasteiger charge is -2.23. The van der Waals surface area contributed by atoms with E-state index in [2.05, 4.69) is 0 Å². The Balaban J connectivity index is 1.53. The zero-order valence-corrected chi connectivity index (χ0v) is 21.5. The molecule has 0 atom stereocenters. The molecule has 0 unspecified atom stereocenters. The highest BCUT2D eigenvalue weighted by Gasteiger charge is 2.25. The van der Waals surface area contributed by atoms with Gasteiger partial charge in [0.15, 0.2) is 0 Å². The van der Waals surface area contributed by atoms with Crippen molar-refractivity contribution in [1.82, 2.24) is 4.31 Å². The summed E-state index contributed by atoms with van der Waals surface area (Å²) in [4.78, 5) is 12.7. The number of nitrogens with zero attached hydrogens (tertiary/aromatic N) is 1. The van der Waals surface area contributed by atoms with Crippen LogP contribution in [0.15, 0.2) is 83.8 Å². The van der Waals surface area contributed by atoms with Crippen LogP contribution in [0, 0.1) is 0 Å². The molecule has 0 amide bonds. The van der Waals surface area contributed by atoms with E-state index in [4.69, 9.17) is 16.7 Å². The van der Waals surface area contributed by atoms with Gasteiger partial charge >= 0.3 is 5.97 Å². The van der Waals surface area contributed by atoms with Gasteiger partial charge in [-0.15, -0.1) is 11.3 Å². The second-order valence-corrected chi connectivity index (χ2v) is 11.8. The number of aromatic carboxylic acids is 1. The lowest BCUT2D eigenvalue weighted by atomic mass is 10.1. The number of benzene rings is 3. The topological polar surface area (TPSA) is 74.7 Å². The van der Waals surface area contributed by atoms with Crippen molar-refractivity contribution in [3.8, 4) is 0 Å². The van der Waals surface area contributed by atoms with Gasteiger partial charge in [0.05, 0.1) is 4.90 Å². The fourth-order valence-corrected chi connectivity index (χ4v) is 6.95. The Labute approximate surface area is 214 Å². The third-order valence-corrected chi connectivity index (χ3v) is 9.16. The van der Waals surface area contributed by atoms with Crippen LogP contribution in [0.25, 0.3) is 10.8 Å². The standard InChI is InChI=1S/C27H26ClNO4S2/c28-22-11-3-7-20(19-22)8-5-17-29(18-6-12-23-15-16-25(34-23)27(30)31)35(32,33)26-14-4-10-21-9-1-2-13-24(21)26/h1-4,7,9-11,13-16,19H,5-6,8,12,17-18H2,(H,30,31). The molecule has 1 N–H and O–H groups in total. The minimum absolute atomic E-state index is 0.293. The predicted octanol–water partition coefficient (Wildman–Crippen LogP) is 6.51. The van der Waals surface area contributed by atoms with Gasteiger partial charge in [0, 0.05) is 28.4 Å². The monoisotopic (exact) mass is 527 g/mol. The molecule has 0 fully saturated rings. The smallest absolute Gasteiger partial charge is 0.345 e. The fourth-order valence-electron chi connectivity index (χ4n) is 4.12. The number of rotatable bonds is 11. The number of hydrogen-bond acceptors (Lipinski definition) is 4. The van der Waals surface area contributed by atoms with Gasteiger partial charge in [0.1, 0.15) is 4.88 Å². The highest BCUT2D eigenvalue weighted by Crippen LogP contribution is 2.27. The number of carbonyl (C=O) groups is 1. The van der Waals surface area contributed by atoms with E-state index in [0.29, 0.717) is 52.5 Å². The second-order valence-electron chi connectivity index (χ2n) is 8.29. The van der Waals surface area contributed by atoms with Gasteiger partial charge in [-0.05, 0) is 67.0 Å². The number of halogens is 1. The predicted molar refractivity (Wildman–Crippen MR) is 142 cm³/mol. The molecule has 8 heteroatoms. The average molecular weight is 528 g/mol. The first-order valence-electron chi connectivity index (χ1n) is 11.4. The van der Waals surface area contributed by atoms with Crippen LogP contribution in [-0.4, -0.2) is 36.9 Å². The van der Waals surface area contributed by atoms with Crippen molar-refractivity contribution in [2.24, 2.45) is 0 Å². The van der Waals surface area contributed by atoms with Crippen LogP contribution >= 0.6 is 22.9 Å². The molecule has 0 radical (unpaired) electrons. The molecule has 1 aromatic heterocycles. The summed E-state index contributed by atoms with van der Waals surface area (Å²) in [5, 5.41) is 11.4. The minimum Gasteiger partial charge on any atom is -0.477 e. The maximum atomic E-state index is 13.8. The third kappa shape index (κ3) is 6.30. The van der Waals surface area contributed by atoms with Gasteiger partial charge < -0.3 is 5.11 Å². The van der Waals surface area contributed by atoms with Crippen molar-refractivity contribution in [3.05, 3.63) is 99.2 Å². The molecule has 0 saturated carbocycles. The normalized spacial score (nSPS) is 11.8. The van der Waals surface area contributed by atoms with E-state index < -0.39 is 16.0 Å². The summed E-state index contributed by atoms with van der Waals surface area (Å²) in [5.74, 6) is -0.942. The molecular formula is C27H26ClNO4S2. The number of thiophene rings is 1. The van der Waals surface area contributed by atoms with E-state index in [0.717, 1.165) is 22.2 Å². The highest BCUT2D eigenvalue weighted by molar-refractivity contribution is 7.89. The van der Waals surface area contributed by atoms with Gasteiger partial charge in [-0.25, -0.2) is 13.2 Å². The maximum absolute atomic E-state index is 13.8. The van der Waals surface area contributed by atoms with Gasteiger partial charge in [-0.1, -0.05) is 60.1 Å². The summed E-state index contributed by atoms with van der Waals surface area (Å²) in [6.07, 6.45) is 2.59. The number of carboxylic acids is 1. The van der Waals surface area contributed by atoms with Crippen LogP contribution in [0.4, 0.5) is 0 Å². The van der Waals surface area contributed by atoms with Crippen molar-refractivity contribution < 1.29 is 18.3 Å². The van der Waals surface area contributed by atoms with Crippen LogP contribution < -0.4 is 0 Å². The summed E-state index contributed by atoms with van der Waals surface area (Å²) in [6.45, 7) is 0.726. The molecule has 0 bridgehead atoms. The minimum atomic E-state index is -3.74. The van der Waals surface area contributed by atoms with Crippen molar-refractivity contribution in [1.29, 1.82) is 0 Å². The zero-order valence-electron chi connectivity index (χ0n) is 19.1. The molecule has 3 aromatic carbocycles. The van der Waals surface area contributed by atoms with Crippen molar-refractivity contribution >= 4 is 49.7 Å². The number of hydrogen-bond donors (Lipinski definition) is 1. The first-order valence-corrected chi connectivity index (χ1v) is 14.0. The second kappa shape index (κ2) is 11.4. The van der Waals surface area contributed by atoms with Gasteiger partial charge in [0.25, 0.3) is 0 Å². The molecule has 0 aliphatic heterocycles. The van der Waals surface area contributed by atoms with Crippen LogP contribution in [0.3, 0.4) is 0 Å². The molecule has 0 saturated heterocycles. The lowest BCUT2D eigenvalue weighted by Crippen LogP contribution is -2.33. The van der Waals surface area contributed by atoms with Gasteiger partial charge in [-0.2, -0.15) is 4.31 Å². The summed E-state index contributed by atoms with van der Waals surface area (Å²) in [6, 6.07) is 23.9. The summed E-state index contributed by atoms with van der Waals surface area (Å²) in [5.41, 5.74) is 1.07. The van der Waals surface area contributed by atoms with E-state index in [-0.39, 0.29) is 0 Å². The number of carboxylic acid groups (broad SMARTS) is 1. The van der Waals surface area contributed by atoms with E-state index >= 15 is 0 Å². The summed E-state index contributed by atoms with van der Waals surface area (Å²) in [7, 11) is -3.74. The van der Waals surface area contributed by atoms with Crippen molar-refractivity contribution in [2.45, 2.75) is 30.6 Å². The van der Waals surface area contributed by atoms with Crippen molar-refractivity contribution in [3.63, 3.8) is 0 Å². The lowest BCUT2D eigenvalue weighted by molar-refractivity contribution is 0.0702. The summed E-state index contributed by atoms with van der Waals surface area (Å²) < 4.78 is 29.2. The zero-order chi connectivity index (χ0) is 24.8. The Morgan fingerprint density at radius 3 is 2.34 bits per heavy atom. The van der Waals surface area contributed by atoms with Crippen LogP contribution in [-0.2, 0) is 22.9 Å². The molecule has 35 heavy (non-hydrogen) atoms. The van der Waals surface area contributed by atoms with E-state index in [1.54, 1.807) is 28.6 Å². The molecule has 5 nitrogen and oxygen atoms in total. The molecule has 4 rings (SSSR count). The van der Waals surface area contributed by atoms with Gasteiger partial charge in [0.2, 0.25) is 10.0 Å². The van der Waals surface area contributed by atoms with E-state index in [1.165, 1.54) is 11.3 Å². The van der Waals surface area contributed by atoms with E-state index in [9.17, 15) is 13.2 Å². The average Bonchev–Trinajstić information content (AvgIpc) is 3.32. The fraction of sp³-hybridized carbons (Fsp3) is 0.222. The summed E-state index contributed by atoms with van der Waals surface area (Å²) >= 11 is 7.34. The number of sulfonamides is 1. The van der Waals surface area contributed by atoms with Crippen LogP contribution in [0.5, 0.6) is 0 Å². The molecule has 0 aliphatic rings. The molecular weight excluding hydrogens is 502 g/mol. The first kappa shape index (κ1) is 25.4. The Morgan fingerprint density at radius 2 is 1.60 bits per heavy atom. The largest absolute Gasteiger partial charge is 0.477 e. The number of fused-ring (bicyclic) bond motifs is 1. The Kier molecular flexibility index (Phi) is 8.23. The highest BCUT2D eigenvalue weighted by atomic mass is 35.5.